The Morgan fingerprint density at radius 1 is 1.14 bits per heavy atom. The van der Waals surface area contributed by atoms with E-state index in [0.29, 0.717) is 38.4 Å². The number of amides is 2. The lowest BCUT2D eigenvalue weighted by Gasteiger charge is -2.40. The van der Waals surface area contributed by atoms with Crippen LogP contribution >= 0.6 is 0 Å². The lowest BCUT2D eigenvalue weighted by molar-refractivity contribution is -0.147. The summed E-state index contributed by atoms with van der Waals surface area (Å²) in [6, 6.07) is 17.3. The summed E-state index contributed by atoms with van der Waals surface area (Å²) >= 11 is 0. The van der Waals surface area contributed by atoms with Crippen molar-refractivity contribution >= 4 is 11.8 Å². The number of ether oxygens (including phenoxy) is 2. The van der Waals surface area contributed by atoms with Gasteiger partial charge < -0.3 is 19.7 Å². The van der Waals surface area contributed by atoms with Crippen molar-refractivity contribution in [3.8, 4) is 5.75 Å². The molecule has 1 atom stereocenters. The molecule has 0 radical (unpaired) electrons. The molecule has 3 rings (SSSR count). The van der Waals surface area contributed by atoms with E-state index in [1.165, 1.54) is 0 Å². The van der Waals surface area contributed by atoms with E-state index in [4.69, 9.17) is 9.47 Å². The van der Waals surface area contributed by atoms with Crippen LogP contribution in [0, 0.1) is 6.92 Å². The first kappa shape index (κ1) is 20.9. The van der Waals surface area contributed by atoms with Gasteiger partial charge in [0.2, 0.25) is 5.91 Å². The van der Waals surface area contributed by atoms with Gasteiger partial charge in [0.1, 0.15) is 11.4 Å². The summed E-state index contributed by atoms with van der Waals surface area (Å²) in [4.78, 5) is 26.7. The second-order valence-electron chi connectivity index (χ2n) is 7.61. The largest absolute Gasteiger partial charge is 0.484 e. The number of hydrogen-bond acceptors (Lipinski definition) is 4. The summed E-state index contributed by atoms with van der Waals surface area (Å²) < 4.78 is 11.5. The first-order valence-electron chi connectivity index (χ1n) is 9.86. The van der Waals surface area contributed by atoms with Gasteiger partial charge in [-0.05, 0) is 31.0 Å². The van der Waals surface area contributed by atoms with Crippen molar-refractivity contribution in [1.29, 1.82) is 0 Å². The normalized spacial score (nSPS) is 18.9. The Labute approximate surface area is 171 Å². The molecule has 1 saturated heterocycles. The van der Waals surface area contributed by atoms with Gasteiger partial charge in [0.15, 0.2) is 6.61 Å². The van der Waals surface area contributed by atoms with E-state index in [1.807, 2.05) is 73.3 Å². The highest BCUT2D eigenvalue weighted by Crippen LogP contribution is 2.18. The number of nitrogens with zero attached hydrogens (tertiary/aromatic N) is 1. The SMILES string of the molecule is Cc1ccccc1OCC(=O)NCC1(C)CN(C(=O)Cc2ccccc2)CCO1. The molecule has 0 aliphatic carbocycles. The molecule has 2 aromatic carbocycles. The van der Waals surface area contributed by atoms with Gasteiger partial charge in [-0.3, -0.25) is 9.59 Å². The van der Waals surface area contributed by atoms with Crippen LogP contribution in [0.25, 0.3) is 0 Å². The highest BCUT2D eigenvalue weighted by atomic mass is 16.5. The molecule has 1 unspecified atom stereocenters. The number of aryl methyl sites for hydroxylation is 1. The topological polar surface area (TPSA) is 67.9 Å². The Kier molecular flexibility index (Phi) is 6.88. The standard InChI is InChI=1S/C23H28N2O4/c1-18-8-6-7-11-20(18)28-15-21(26)24-16-23(2)17-25(12-13-29-23)22(27)14-19-9-4-3-5-10-19/h3-11H,12-17H2,1-2H3,(H,24,26). The maximum absolute atomic E-state index is 12.6. The molecule has 6 heteroatoms. The van der Waals surface area contributed by atoms with Crippen LogP contribution in [0.4, 0.5) is 0 Å². The fourth-order valence-corrected chi connectivity index (χ4v) is 3.33. The molecule has 0 aromatic heterocycles. The third kappa shape index (κ3) is 6.06. The number of hydrogen-bond donors (Lipinski definition) is 1. The summed E-state index contributed by atoms with van der Waals surface area (Å²) in [7, 11) is 0. The van der Waals surface area contributed by atoms with Gasteiger partial charge in [0.25, 0.3) is 5.91 Å². The van der Waals surface area contributed by atoms with Gasteiger partial charge in [-0.1, -0.05) is 48.5 Å². The Morgan fingerprint density at radius 2 is 1.86 bits per heavy atom. The highest BCUT2D eigenvalue weighted by molar-refractivity contribution is 5.79. The zero-order valence-electron chi connectivity index (χ0n) is 17.0. The molecule has 6 nitrogen and oxygen atoms in total. The number of carbonyl (C=O) groups excluding carboxylic acids is 2. The van der Waals surface area contributed by atoms with Crippen molar-refractivity contribution in [1.82, 2.24) is 10.2 Å². The summed E-state index contributed by atoms with van der Waals surface area (Å²) in [5.74, 6) is 0.547. The lowest BCUT2D eigenvalue weighted by Crippen LogP contribution is -2.57. The Morgan fingerprint density at radius 3 is 2.62 bits per heavy atom. The summed E-state index contributed by atoms with van der Waals surface area (Å²) in [5.41, 5.74) is 1.35. The van der Waals surface area contributed by atoms with Crippen LogP contribution in [0.5, 0.6) is 5.75 Å². The van der Waals surface area contributed by atoms with Gasteiger partial charge in [-0.15, -0.1) is 0 Å². The van der Waals surface area contributed by atoms with Gasteiger partial charge in [0, 0.05) is 13.1 Å². The number of benzene rings is 2. The summed E-state index contributed by atoms with van der Waals surface area (Å²) in [6.45, 7) is 5.56. The molecule has 29 heavy (non-hydrogen) atoms. The van der Waals surface area contributed by atoms with E-state index in [9.17, 15) is 9.59 Å². The number of nitrogens with one attached hydrogen (secondary N) is 1. The van der Waals surface area contributed by atoms with E-state index in [2.05, 4.69) is 5.32 Å². The van der Waals surface area contributed by atoms with E-state index in [1.54, 1.807) is 0 Å². The molecule has 1 aliphatic heterocycles. The number of rotatable bonds is 7. The smallest absolute Gasteiger partial charge is 0.258 e. The molecule has 2 aromatic rings. The summed E-state index contributed by atoms with van der Waals surface area (Å²) in [5, 5.41) is 2.86. The maximum atomic E-state index is 12.6. The zero-order chi connectivity index (χ0) is 20.7. The van der Waals surface area contributed by atoms with E-state index in [-0.39, 0.29) is 18.4 Å². The molecule has 0 spiro atoms. The molecular weight excluding hydrogens is 368 g/mol. The minimum Gasteiger partial charge on any atom is -0.484 e. The molecule has 1 fully saturated rings. The van der Waals surface area contributed by atoms with Gasteiger partial charge in [-0.25, -0.2) is 0 Å². The van der Waals surface area contributed by atoms with Crippen LogP contribution in [0.1, 0.15) is 18.1 Å². The second-order valence-corrected chi connectivity index (χ2v) is 7.61. The third-order valence-electron chi connectivity index (χ3n) is 5.00. The van der Waals surface area contributed by atoms with Gasteiger partial charge in [0.05, 0.1) is 19.6 Å². The molecule has 1 N–H and O–H groups in total. The third-order valence-corrected chi connectivity index (χ3v) is 5.00. The predicted molar refractivity (Wildman–Crippen MR) is 111 cm³/mol. The quantitative estimate of drug-likeness (QED) is 0.780. The number of morpholine rings is 1. The van der Waals surface area contributed by atoms with Crippen molar-refractivity contribution in [3.05, 3.63) is 65.7 Å². The Hall–Kier alpha value is -2.86. The van der Waals surface area contributed by atoms with E-state index >= 15 is 0 Å². The van der Waals surface area contributed by atoms with Crippen LogP contribution in [0.3, 0.4) is 0 Å². The Bertz CT molecular complexity index is 840. The molecule has 0 saturated carbocycles. The van der Waals surface area contributed by atoms with Crippen molar-refractivity contribution in [2.24, 2.45) is 0 Å². The van der Waals surface area contributed by atoms with Crippen molar-refractivity contribution < 1.29 is 19.1 Å². The van der Waals surface area contributed by atoms with Crippen molar-refractivity contribution in [3.63, 3.8) is 0 Å². The Balaban J connectivity index is 1.47. The zero-order valence-corrected chi connectivity index (χ0v) is 17.0. The van der Waals surface area contributed by atoms with Gasteiger partial charge >= 0.3 is 0 Å². The molecule has 1 heterocycles. The monoisotopic (exact) mass is 396 g/mol. The van der Waals surface area contributed by atoms with Crippen LogP contribution in [-0.2, 0) is 20.7 Å². The minimum atomic E-state index is -0.622. The second kappa shape index (κ2) is 9.56. The molecule has 2 amide bonds. The predicted octanol–water partition coefficient (Wildman–Crippen LogP) is 2.35. The number of para-hydroxylation sites is 1. The van der Waals surface area contributed by atoms with E-state index < -0.39 is 5.60 Å². The number of carbonyl (C=O) groups is 2. The minimum absolute atomic E-state index is 0.0580. The van der Waals surface area contributed by atoms with Crippen molar-refractivity contribution in [2.75, 3.05) is 32.8 Å². The van der Waals surface area contributed by atoms with Crippen LogP contribution < -0.4 is 10.1 Å². The first-order valence-corrected chi connectivity index (χ1v) is 9.86. The van der Waals surface area contributed by atoms with Crippen LogP contribution in [0.15, 0.2) is 54.6 Å². The first-order chi connectivity index (χ1) is 14.0. The summed E-state index contributed by atoms with van der Waals surface area (Å²) in [6.07, 6.45) is 0.369. The fraction of sp³-hybridized carbons (Fsp3) is 0.391. The molecule has 0 bridgehead atoms. The molecule has 1 aliphatic rings. The van der Waals surface area contributed by atoms with Crippen LogP contribution in [-0.4, -0.2) is 55.2 Å². The van der Waals surface area contributed by atoms with Crippen molar-refractivity contribution in [2.45, 2.75) is 25.9 Å². The fourth-order valence-electron chi connectivity index (χ4n) is 3.33. The van der Waals surface area contributed by atoms with Crippen LogP contribution in [0.2, 0.25) is 0 Å². The maximum Gasteiger partial charge on any atom is 0.258 e. The average Bonchev–Trinajstić information content (AvgIpc) is 2.72. The van der Waals surface area contributed by atoms with Gasteiger partial charge in [-0.2, -0.15) is 0 Å². The molecule has 154 valence electrons. The highest BCUT2D eigenvalue weighted by Gasteiger charge is 2.34. The molecular formula is C23H28N2O4. The average molecular weight is 396 g/mol. The van der Waals surface area contributed by atoms with E-state index in [0.717, 1.165) is 11.1 Å². The lowest BCUT2D eigenvalue weighted by atomic mass is 10.0.